The van der Waals surface area contributed by atoms with Gasteiger partial charge in [-0.2, -0.15) is 11.8 Å². The van der Waals surface area contributed by atoms with E-state index in [1.54, 1.807) is 0 Å². The molecule has 0 bridgehead atoms. The zero-order valence-corrected chi connectivity index (χ0v) is 13.4. The van der Waals surface area contributed by atoms with Gasteiger partial charge in [-0.25, -0.2) is 4.79 Å². The molecule has 7 heteroatoms. The van der Waals surface area contributed by atoms with Crippen molar-refractivity contribution in [3.8, 4) is 0 Å². The number of thioether (sulfide) groups is 1. The van der Waals surface area contributed by atoms with Crippen LogP contribution < -0.4 is 21.3 Å². The molecule has 3 atom stereocenters. The Morgan fingerprint density at radius 2 is 2.14 bits per heavy atom. The van der Waals surface area contributed by atoms with Gasteiger partial charge in [-0.15, -0.1) is 0 Å². The van der Waals surface area contributed by atoms with E-state index in [4.69, 9.17) is 0 Å². The number of nitrogens with one attached hydrogen (secondary N) is 4. The summed E-state index contributed by atoms with van der Waals surface area (Å²) in [4.78, 5) is 22.9. The SMILES string of the molecule is CNCCCNC(=O)CCCC[C@@H]1SCC2NC(=O)N[C@@H]21. The Morgan fingerprint density at radius 3 is 2.95 bits per heavy atom. The van der Waals surface area contributed by atoms with Crippen molar-refractivity contribution >= 4 is 23.7 Å². The Labute approximate surface area is 130 Å². The molecule has 2 aliphatic rings. The molecule has 120 valence electrons. The lowest BCUT2D eigenvalue weighted by Gasteiger charge is -2.16. The van der Waals surface area contributed by atoms with Gasteiger partial charge in [0.15, 0.2) is 0 Å². The Kier molecular flexibility index (Phi) is 6.63. The Balaban J connectivity index is 1.52. The molecule has 4 N–H and O–H groups in total. The summed E-state index contributed by atoms with van der Waals surface area (Å²) in [6.45, 7) is 1.68. The van der Waals surface area contributed by atoms with Gasteiger partial charge in [-0.1, -0.05) is 6.42 Å². The van der Waals surface area contributed by atoms with Gasteiger partial charge in [-0.3, -0.25) is 4.79 Å². The number of hydrogen-bond acceptors (Lipinski definition) is 4. The van der Waals surface area contributed by atoms with E-state index in [0.717, 1.165) is 44.5 Å². The van der Waals surface area contributed by atoms with Crippen LogP contribution in [0.2, 0.25) is 0 Å². The van der Waals surface area contributed by atoms with Gasteiger partial charge in [0.1, 0.15) is 0 Å². The summed E-state index contributed by atoms with van der Waals surface area (Å²) < 4.78 is 0. The van der Waals surface area contributed by atoms with Crippen molar-refractivity contribution in [2.75, 3.05) is 25.9 Å². The number of unbranched alkanes of at least 4 members (excludes halogenated alkanes) is 1. The monoisotopic (exact) mass is 314 g/mol. The third-order valence-electron chi connectivity index (χ3n) is 4.01. The molecule has 2 aliphatic heterocycles. The lowest BCUT2D eigenvalue weighted by Crippen LogP contribution is -2.36. The number of fused-ring (bicyclic) bond motifs is 1. The van der Waals surface area contributed by atoms with E-state index in [1.165, 1.54) is 0 Å². The van der Waals surface area contributed by atoms with E-state index < -0.39 is 0 Å². The number of carbonyl (C=O) groups excluding carboxylic acids is 2. The van der Waals surface area contributed by atoms with Gasteiger partial charge in [0, 0.05) is 24.0 Å². The first kappa shape index (κ1) is 16.4. The first-order valence-electron chi connectivity index (χ1n) is 7.80. The minimum absolute atomic E-state index is 0.0313. The van der Waals surface area contributed by atoms with E-state index in [9.17, 15) is 9.59 Å². The summed E-state index contributed by atoms with van der Waals surface area (Å²) in [5.74, 6) is 1.15. The second-order valence-corrected chi connectivity index (χ2v) is 6.95. The molecule has 0 spiro atoms. The number of hydrogen-bond donors (Lipinski definition) is 4. The lowest BCUT2D eigenvalue weighted by atomic mass is 10.0. The van der Waals surface area contributed by atoms with Crippen molar-refractivity contribution in [3.05, 3.63) is 0 Å². The molecule has 0 saturated carbocycles. The van der Waals surface area contributed by atoms with E-state index in [1.807, 2.05) is 18.8 Å². The van der Waals surface area contributed by atoms with E-state index in [-0.39, 0.29) is 18.0 Å². The van der Waals surface area contributed by atoms with Crippen molar-refractivity contribution in [1.82, 2.24) is 21.3 Å². The maximum absolute atomic E-state index is 11.6. The van der Waals surface area contributed by atoms with Gasteiger partial charge in [0.25, 0.3) is 0 Å². The van der Waals surface area contributed by atoms with Gasteiger partial charge >= 0.3 is 6.03 Å². The zero-order valence-electron chi connectivity index (χ0n) is 12.6. The van der Waals surface area contributed by atoms with Crippen LogP contribution in [-0.2, 0) is 4.79 Å². The maximum Gasteiger partial charge on any atom is 0.315 e. The van der Waals surface area contributed by atoms with Crippen LogP contribution in [-0.4, -0.2) is 55.2 Å². The molecule has 3 amide bonds. The number of amides is 3. The van der Waals surface area contributed by atoms with Crippen LogP contribution in [0, 0.1) is 0 Å². The van der Waals surface area contributed by atoms with Crippen LogP contribution >= 0.6 is 11.8 Å². The molecule has 0 aliphatic carbocycles. The molecule has 1 unspecified atom stereocenters. The number of rotatable bonds is 9. The smallest absolute Gasteiger partial charge is 0.315 e. The largest absolute Gasteiger partial charge is 0.356 e. The minimum Gasteiger partial charge on any atom is -0.356 e. The third kappa shape index (κ3) is 5.07. The molecule has 2 heterocycles. The first-order chi connectivity index (χ1) is 10.2. The molecule has 21 heavy (non-hydrogen) atoms. The summed E-state index contributed by atoms with van der Waals surface area (Å²) >= 11 is 1.93. The highest BCUT2D eigenvalue weighted by Crippen LogP contribution is 2.33. The summed E-state index contributed by atoms with van der Waals surface area (Å²) in [6, 6.07) is 0.539. The molecule has 0 radical (unpaired) electrons. The summed E-state index contributed by atoms with van der Waals surface area (Å²) in [7, 11) is 1.91. The molecule has 2 saturated heterocycles. The lowest BCUT2D eigenvalue weighted by molar-refractivity contribution is -0.121. The molecule has 0 aromatic heterocycles. The van der Waals surface area contributed by atoms with Crippen LogP contribution in [0.25, 0.3) is 0 Å². The highest BCUT2D eigenvalue weighted by Gasteiger charge is 2.42. The second kappa shape index (κ2) is 8.48. The standard InChI is InChI=1S/C14H26N4O2S/c1-15-7-4-8-16-12(19)6-3-2-5-11-13-10(9-21-11)17-14(20)18-13/h10-11,13,15H,2-9H2,1H3,(H,16,19)(H2,17,18,20)/t10?,11-,13-/m0/s1. The van der Waals surface area contributed by atoms with Crippen molar-refractivity contribution in [1.29, 1.82) is 0 Å². The number of carbonyl (C=O) groups is 2. The fourth-order valence-corrected chi connectivity index (χ4v) is 4.40. The van der Waals surface area contributed by atoms with E-state index >= 15 is 0 Å². The van der Waals surface area contributed by atoms with Crippen molar-refractivity contribution in [2.45, 2.75) is 49.4 Å². The van der Waals surface area contributed by atoms with Gasteiger partial charge < -0.3 is 21.3 Å². The predicted molar refractivity (Wildman–Crippen MR) is 85.5 cm³/mol. The topological polar surface area (TPSA) is 82.3 Å². The quantitative estimate of drug-likeness (QED) is 0.368. The minimum atomic E-state index is -0.0313. The third-order valence-corrected chi connectivity index (χ3v) is 5.51. The molecule has 0 aromatic carbocycles. The van der Waals surface area contributed by atoms with Crippen LogP contribution in [0.5, 0.6) is 0 Å². The molecular formula is C14H26N4O2S. The van der Waals surface area contributed by atoms with Crippen molar-refractivity contribution in [2.24, 2.45) is 0 Å². The first-order valence-corrected chi connectivity index (χ1v) is 8.85. The van der Waals surface area contributed by atoms with E-state index in [0.29, 0.717) is 17.7 Å². The molecule has 6 nitrogen and oxygen atoms in total. The molecule has 2 rings (SSSR count). The van der Waals surface area contributed by atoms with Crippen molar-refractivity contribution in [3.63, 3.8) is 0 Å². The fourth-order valence-electron chi connectivity index (χ4n) is 2.86. The normalized spacial score (nSPS) is 27.1. The molecular weight excluding hydrogens is 288 g/mol. The average Bonchev–Trinajstić information content (AvgIpc) is 2.99. The summed E-state index contributed by atoms with van der Waals surface area (Å²) in [5, 5.41) is 12.4. The van der Waals surface area contributed by atoms with Crippen molar-refractivity contribution < 1.29 is 9.59 Å². The van der Waals surface area contributed by atoms with Crippen LogP contribution in [0.15, 0.2) is 0 Å². The van der Waals surface area contributed by atoms with E-state index in [2.05, 4.69) is 21.3 Å². The molecule has 2 fully saturated rings. The highest BCUT2D eigenvalue weighted by atomic mass is 32.2. The molecule has 0 aromatic rings. The Bertz CT molecular complexity index is 367. The summed E-state index contributed by atoms with van der Waals surface area (Å²) in [6.07, 6.45) is 4.61. The Hall–Kier alpha value is -0.950. The van der Waals surface area contributed by atoms with Gasteiger partial charge in [-0.05, 0) is 32.9 Å². The second-order valence-electron chi connectivity index (χ2n) is 5.67. The summed E-state index contributed by atoms with van der Waals surface area (Å²) in [5.41, 5.74) is 0. The van der Waals surface area contributed by atoms with Crippen LogP contribution in [0.3, 0.4) is 0 Å². The maximum atomic E-state index is 11.6. The van der Waals surface area contributed by atoms with Crippen LogP contribution in [0.4, 0.5) is 4.79 Å². The van der Waals surface area contributed by atoms with Gasteiger partial charge in [0.2, 0.25) is 5.91 Å². The number of urea groups is 1. The van der Waals surface area contributed by atoms with Crippen LogP contribution in [0.1, 0.15) is 32.1 Å². The highest BCUT2D eigenvalue weighted by molar-refractivity contribution is 8.00. The predicted octanol–water partition coefficient (Wildman–Crippen LogP) is 0.438. The fraction of sp³-hybridized carbons (Fsp3) is 0.857. The van der Waals surface area contributed by atoms with Gasteiger partial charge in [0.05, 0.1) is 12.1 Å². The Morgan fingerprint density at radius 1 is 1.29 bits per heavy atom. The average molecular weight is 314 g/mol. The zero-order chi connectivity index (χ0) is 15.1.